The van der Waals surface area contributed by atoms with Gasteiger partial charge in [0.05, 0.1) is 6.10 Å². The van der Waals surface area contributed by atoms with Gasteiger partial charge in [-0.1, -0.05) is 0 Å². The van der Waals surface area contributed by atoms with Crippen molar-refractivity contribution >= 4 is 6.09 Å². The van der Waals surface area contributed by atoms with Gasteiger partial charge in [0.25, 0.3) is 0 Å². The second-order valence-electron chi connectivity index (χ2n) is 5.97. The lowest BCUT2D eigenvalue weighted by molar-refractivity contribution is 0.0438. The third kappa shape index (κ3) is 8.83. The van der Waals surface area contributed by atoms with Gasteiger partial charge in [-0.15, -0.1) is 0 Å². The van der Waals surface area contributed by atoms with Crippen molar-refractivity contribution in [2.75, 3.05) is 26.2 Å². The summed E-state index contributed by atoms with van der Waals surface area (Å²) in [5, 5.41) is 6.10. The second-order valence-corrected chi connectivity index (χ2v) is 5.97. The zero-order chi connectivity index (χ0) is 14.1. The van der Waals surface area contributed by atoms with E-state index in [9.17, 15) is 4.79 Å². The standard InChI is InChI=1S/C14H28N2O3/c1-14(2,3)19-13(17)16-9-6-10-18-12-7-4-5-8-15-11-12/h12,15H,4-11H2,1-3H3,(H,16,17). The van der Waals surface area contributed by atoms with Crippen molar-refractivity contribution < 1.29 is 14.3 Å². The van der Waals surface area contributed by atoms with E-state index in [0.717, 1.165) is 25.9 Å². The van der Waals surface area contributed by atoms with Gasteiger partial charge in [0.2, 0.25) is 0 Å². The summed E-state index contributed by atoms with van der Waals surface area (Å²) in [5.74, 6) is 0. The van der Waals surface area contributed by atoms with Crippen molar-refractivity contribution in [3.05, 3.63) is 0 Å². The minimum atomic E-state index is -0.438. The number of nitrogens with one attached hydrogen (secondary N) is 2. The first-order chi connectivity index (χ1) is 8.97. The predicted molar refractivity (Wildman–Crippen MR) is 75.3 cm³/mol. The number of hydrogen-bond acceptors (Lipinski definition) is 4. The number of alkyl carbamates (subject to hydrolysis) is 1. The molecule has 1 unspecified atom stereocenters. The SMILES string of the molecule is CC(C)(C)OC(=O)NCCCOC1CCCCNC1. The summed E-state index contributed by atoms with van der Waals surface area (Å²) in [4.78, 5) is 11.4. The summed E-state index contributed by atoms with van der Waals surface area (Å²) in [6, 6.07) is 0. The molecule has 0 saturated carbocycles. The average Bonchev–Trinajstić information content (AvgIpc) is 2.54. The summed E-state index contributed by atoms with van der Waals surface area (Å²) in [6.07, 6.45) is 4.38. The number of carbonyl (C=O) groups is 1. The highest BCUT2D eigenvalue weighted by Crippen LogP contribution is 2.08. The van der Waals surface area contributed by atoms with Gasteiger partial charge in [-0.3, -0.25) is 0 Å². The first kappa shape index (κ1) is 16.2. The molecule has 0 aliphatic carbocycles. The lowest BCUT2D eigenvalue weighted by Crippen LogP contribution is -2.33. The van der Waals surface area contributed by atoms with Crippen LogP contribution in [0.25, 0.3) is 0 Å². The highest BCUT2D eigenvalue weighted by Gasteiger charge is 2.15. The van der Waals surface area contributed by atoms with Crippen LogP contribution in [-0.4, -0.2) is 44.0 Å². The summed E-state index contributed by atoms with van der Waals surface area (Å²) in [6.45, 7) is 8.88. The minimum absolute atomic E-state index is 0.323. The Morgan fingerprint density at radius 1 is 1.37 bits per heavy atom. The van der Waals surface area contributed by atoms with Crippen molar-refractivity contribution in [2.45, 2.75) is 58.2 Å². The van der Waals surface area contributed by atoms with Gasteiger partial charge >= 0.3 is 6.09 Å². The van der Waals surface area contributed by atoms with E-state index in [1.54, 1.807) is 0 Å². The maximum absolute atomic E-state index is 11.4. The number of rotatable bonds is 5. The van der Waals surface area contributed by atoms with E-state index in [1.807, 2.05) is 20.8 Å². The van der Waals surface area contributed by atoms with E-state index in [0.29, 0.717) is 19.3 Å². The lowest BCUT2D eigenvalue weighted by atomic mass is 10.2. The molecule has 0 aromatic heterocycles. The Kier molecular flexibility index (Phi) is 7.16. The molecular formula is C14H28N2O3. The van der Waals surface area contributed by atoms with Gasteiger partial charge in [-0.05, 0) is 53.0 Å². The predicted octanol–water partition coefficient (Wildman–Crippen LogP) is 2.06. The Labute approximate surface area is 116 Å². The van der Waals surface area contributed by atoms with Gasteiger partial charge in [0.15, 0.2) is 0 Å². The van der Waals surface area contributed by atoms with E-state index >= 15 is 0 Å². The van der Waals surface area contributed by atoms with Crippen LogP contribution in [0.5, 0.6) is 0 Å². The maximum Gasteiger partial charge on any atom is 0.407 e. The Bertz CT molecular complexity index is 256. The smallest absolute Gasteiger partial charge is 0.407 e. The largest absolute Gasteiger partial charge is 0.444 e. The van der Waals surface area contributed by atoms with Gasteiger partial charge in [0, 0.05) is 19.7 Å². The fourth-order valence-corrected chi connectivity index (χ4v) is 1.96. The van der Waals surface area contributed by atoms with Gasteiger partial charge in [-0.2, -0.15) is 0 Å². The fraction of sp³-hybridized carbons (Fsp3) is 0.929. The van der Waals surface area contributed by atoms with Crippen LogP contribution in [0, 0.1) is 0 Å². The van der Waals surface area contributed by atoms with Crippen molar-refractivity contribution in [1.29, 1.82) is 0 Å². The molecule has 1 heterocycles. The van der Waals surface area contributed by atoms with Crippen LogP contribution >= 0.6 is 0 Å². The number of hydrogen-bond donors (Lipinski definition) is 2. The molecule has 5 nitrogen and oxygen atoms in total. The Morgan fingerprint density at radius 3 is 2.89 bits per heavy atom. The highest BCUT2D eigenvalue weighted by molar-refractivity contribution is 5.67. The second kappa shape index (κ2) is 8.38. The molecule has 0 bridgehead atoms. The zero-order valence-electron chi connectivity index (χ0n) is 12.5. The van der Waals surface area contributed by atoms with Gasteiger partial charge in [0.1, 0.15) is 5.60 Å². The molecule has 1 amide bonds. The first-order valence-electron chi connectivity index (χ1n) is 7.26. The molecule has 1 atom stereocenters. The lowest BCUT2D eigenvalue weighted by Gasteiger charge is -2.20. The van der Waals surface area contributed by atoms with Crippen molar-refractivity contribution in [3.63, 3.8) is 0 Å². The molecule has 1 saturated heterocycles. The average molecular weight is 272 g/mol. The number of amides is 1. The topological polar surface area (TPSA) is 59.6 Å². The summed E-state index contributed by atoms with van der Waals surface area (Å²) < 4.78 is 10.9. The molecule has 112 valence electrons. The summed E-state index contributed by atoms with van der Waals surface area (Å²) in [5.41, 5.74) is -0.438. The van der Waals surface area contributed by atoms with Crippen LogP contribution in [0.1, 0.15) is 46.5 Å². The molecule has 5 heteroatoms. The Hall–Kier alpha value is -0.810. The molecule has 1 rings (SSSR count). The Balaban J connectivity index is 2.00. The molecule has 2 N–H and O–H groups in total. The molecular weight excluding hydrogens is 244 g/mol. The van der Waals surface area contributed by atoms with Gasteiger partial charge < -0.3 is 20.1 Å². The fourth-order valence-electron chi connectivity index (χ4n) is 1.96. The summed E-state index contributed by atoms with van der Waals surface area (Å²) >= 11 is 0. The molecule has 0 spiro atoms. The molecule has 1 fully saturated rings. The van der Waals surface area contributed by atoms with E-state index in [1.165, 1.54) is 12.8 Å². The third-order valence-corrected chi connectivity index (χ3v) is 2.84. The van der Waals surface area contributed by atoms with Crippen LogP contribution in [-0.2, 0) is 9.47 Å². The number of ether oxygens (including phenoxy) is 2. The molecule has 0 aromatic rings. The normalized spacial score (nSPS) is 20.7. The zero-order valence-corrected chi connectivity index (χ0v) is 12.5. The van der Waals surface area contributed by atoms with E-state index in [4.69, 9.17) is 9.47 Å². The summed E-state index contributed by atoms with van der Waals surface area (Å²) in [7, 11) is 0. The van der Waals surface area contributed by atoms with Crippen LogP contribution in [0.4, 0.5) is 4.79 Å². The van der Waals surface area contributed by atoms with E-state index < -0.39 is 5.60 Å². The van der Waals surface area contributed by atoms with Crippen LogP contribution in [0.3, 0.4) is 0 Å². The van der Waals surface area contributed by atoms with E-state index in [-0.39, 0.29) is 6.09 Å². The molecule has 1 aliphatic rings. The quantitative estimate of drug-likeness (QED) is 0.752. The van der Waals surface area contributed by atoms with Crippen LogP contribution in [0.2, 0.25) is 0 Å². The van der Waals surface area contributed by atoms with Crippen molar-refractivity contribution in [3.8, 4) is 0 Å². The van der Waals surface area contributed by atoms with Crippen LogP contribution < -0.4 is 10.6 Å². The maximum atomic E-state index is 11.4. The van der Waals surface area contributed by atoms with Crippen molar-refractivity contribution in [1.82, 2.24) is 10.6 Å². The molecule has 0 aromatic carbocycles. The van der Waals surface area contributed by atoms with Gasteiger partial charge in [-0.25, -0.2) is 4.79 Å². The Morgan fingerprint density at radius 2 is 2.16 bits per heavy atom. The minimum Gasteiger partial charge on any atom is -0.444 e. The van der Waals surface area contributed by atoms with E-state index in [2.05, 4.69) is 10.6 Å². The monoisotopic (exact) mass is 272 g/mol. The third-order valence-electron chi connectivity index (χ3n) is 2.84. The van der Waals surface area contributed by atoms with Crippen LogP contribution in [0.15, 0.2) is 0 Å². The molecule has 1 aliphatic heterocycles. The molecule has 19 heavy (non-hydrogen) atoms. The van der Waals surface area contributed by atoms with Crippen molar-refractivity contribution in [2.24, 2.45) is 0 Å². The first-order valence-corrected chi connectivity index (χ1v) is 7.26. The number of carbonyl (C=O) groups excluding carboxylic acids is 1. The highest BCUT2D eigenvalue weighted by atomic mass is 16.6. The molecule has 0 radical (unpaired) electrons.